The first-order valence-corrected chi connectivity index (χ1v) is 10.0. The van der Waals surface area contributed by atoms with Crippen molar-refractivity contribution in [2.75, 3.05) is 13.1 Å². The van der Waals surface area contributed by atoms with Gasteiger partial charge in [-0.1, -0.05) is 36.8 Å². The van der Waals surface area contributed by atoms with Gasteiger partial charge in [0.2, 0.25) is 0 Å². The monoisotopic (exact) mass is 438 g/mol. The molecule has 1 aromatic heterocycles. The molecule has 0 aliphatic carbocycles. The summed E-state index contributed by atoms with van der Waals surface area (Å²) in [5.74, 6) is -0.130. The highest BCUT2D eigenvalue weighted by Gasteiger charge is 2.34. The van der Waals surface area contributed by atoms with E-state index in [0.717, 1.165) is 47.9 Å². The molecule has 7 heteroatoms. The third-order valence-electron chi connectivity index (χ3n) is 5.73. The zero-order valence-corrected chi connectivity index (χ0v) is 17.7. The van der Waals surface area contributed by atoms with Crippen LogP contribution < -0.4 is 4.74 Å². The van der Waals surface area contributed by atoms with E-state index in [9.17, 15) is 13.2 Å². The van der Waals surface area contributed by atoms with Crippen LogP contribution in [0.25, 0.3) is 10.9 Å². The Hall–Kier alpha value is -2.18. The summed E-state index contributed by atoms with van der Waals surface area (Å²) in [6.45, 7) is 3.00. The van der Waals surface area contributed by atoms with Crippen LogP contribution in [0.15, 0.2) is 48.5 Å². The van der Waals surface area contributed by atoms with E-state index in [1.807, 2.05) is 29.8 Å². The Balaban J connectivity index is 0.00000256. The minimum Gasteiger partial charge on any atom is -0.487 e. The van der Waals surface area contributed by atoms with Crippen molar-refractivity contribution in [3.05, 3.63) is 65.4 Å². The number of nitrogens with zero attached hydrogens (tertiary/aromatic N) is 2. The topological polar surface area (TPSA) is 17.4 Å². The summed E-state index contributed by atoms with van der Waals surface area (Å²) in [6.07, 6.45) is -0.798. The third kappa shape index (κ3) is 4.60. The van der Waals surface area contributed by atoms with Crippen molar-refractivity contribution in [2.24, 2.45) is 7.05 Å². The second kappa shape index (κ2) is 9.31. The van der Waals surface area contributed by atoms with Crippen LogP contribution in [0, 0.1) is 0 Å². The van der Waals surface area contributed by atoms with E-state index in [2.05, 4.69) is 11.0 Å². The average molecular weight is 439 g/mol. The molecule has 162 valence electrons. The molecule has 3 aromatic rings. The number of piperidine rings is 1. The Bertz CT molecular complexity index is 994. The Kier molecular flexibility index (Phi) is 6.98. The van der Waals surface area contributed by atoms with E-state index in [0.29, 0.717) is 0 Å². The summed E-state index contributed by atoms with van der Waals surface area (Å²) in [4.78, 5) is 2.43. The number of hydrogen-bond acceptors (Lipinski definition) is 2. The van der Waals surface area contributed by atoms with Crippen molar-refractivity contribution >= 4 is 23.3 Å². The molecule has 4 rings (SSSR count). The molecule has 0 saturated carbocycles. The van der Waals surface area contributed by atoms with E-state index in [4.69, 9.17) is 4.74 Å². The molecule has 2 aromatic carbocycles. The first kappa shape index (κ1) is 22.5. The maximum Gasteiger partial charge on any atom is 0.419 e. The number of aromatic nitrogens is 1. The molecule has 1 aliphatic heterocycles. The smallest absolute Gasteiger partial charge is 0.419 e. The summed E-state index contributed by atoms with van der Waals surface area (Å²) >= 11 is 0. The second-order valence-corrected chi connectivity index (χ2v) is 7.62. The maximum atomic E-state index is 13.3. The molecule has 0 atom stereocenters. The molecule has 0 spiro atoms. The molecule has 30 heavy (non-hydrogen) atoms. The predicted molar refractivity (Wildman–Crippen MR) is 115 cm³/mol. The summed E-state index contributed by atoms with van der Waals surface area (Å²) in [7, 11) is 1.95. The number of likely N-dealkylation sites (tertiary alicyclic amines) is 1. The second-order valence-electron chi connectivity index (χ2n) is 7.62. The van der Waals surface area contributed by atoms with E-state index in [1.165, 1.54) is 31.4 Å². The summed E-state index contributed by atoms with van der Waals surface area (Å²) in [6, 6.07) is 13.5. The number of ether oxygens (including phenoxy) is 1. The van der Waals surface area contributed by atoms with Gasteiger partial charge < -0.3 is 9.30 Å². The number of hydrogen-bond donors (Lipinski definition) is 0. The van der Waals surface area contributed by atoms with Gasteiger partial charge in [-0.05, 0) is 49.7 Å². The van der Waals surface area contributed by atoms with Crippen molar-refractivity contribution in [1.29, 1.82) is 0 Å². The number of fused-ring (bicyclic) bond motifs is 1. The van der Waals surface area contributed by atoms with Gasteiger partial charge in [-0.3, -0.25) is 4.90 Å². The van der Waals surface area contributed by atoms with E-state index >= 15 is 0 Å². The van der Waals surface area contributed by atoms with Gasteiger partial charge in [0.15, 0.2) is 0 Å². The fraction of sp³-hybridized carbons (Fsp3) is 0.391. The van der Waals surface area contributed by atoms with Gasteiger partial charge in [-0.2, -0.15) is 13.2 Å². The van der Waals surface area contributed by atoms with Crippen molar-refractivity contribution < 1.29 is 17.9 Å². The molecule has 0 unspecified atom stereocenters. The zero-order chi connectivity index (χ0) is 20.4. The molecule has 0 bridgehead atoms. The lowest BCUT2D eigenvalue weighted by atomic mass is 10.1. The summed E-state index contributed by atoms with van der Waals surface area (Å²) < 4.78 is 47.7. The van der Waals surface area contributed by atoms with Crippen LogP contribution in [0.3, 0.4) is 0 Å². The highest BCUT2D eigenvalue weighted by molar-refractivity contribution is 5.86. The Morgan fingerprint density at radius 3 is 2.33 bits per heavy atom. The fourth-order valence-electron chi connectivity index (χ4n) is 4.20. The van der Waals surface area contributed by atoms with E-state index < -0.39 is 11.7 Å². The van der Waals surface area contributed by atoms with Gasteiger partial charge in [0.05, 0.1) is 11.3 Å². The molecular weight excluding hydrogens is 413 g/mol. The highest BCUT2D eigenvalue weighted by atomic mass is 35.5. The largest absolute Gasteiger partial charge is 0.487 e. The molecule has 1 fully saturated rings. The number of benzene rings is 2. The van der Waals surface area contributed by atoms with Gasteiger partial charge in [-0.15, -0.1) is 12.4 Å². The fourth-order valence-corrected chi connectivity index (χ4v) is 4.20. The van der Waals surface area contributed by atoms with Gasteiger partial charge >= 0.3 is 6.18 Å². The van der Waals surface area contributed by atoms with Gasteiger partial charge in [-0.25, -0.2) is 0 Å². The third-order valence-corrected chi connectivity index (χ3v) is 5.73. The number of halogens is 4. The minimum absolute atomic E-state index is 0. The number of rotatable bonds is 5. The lowest BCUT2D eigenvalue weighted by Crippen LogP contribution is -2.29. The molecule has 0 amide bonds. The van der Waals surface area contributed by atoms with Crippen LogP contribution >= 0.6 is 12.4 Å². The van der Waals surface area contributed by atoms with Gasteiger partial charge in [0, 0.05) is 24.5 Å². The van der Waals surface area contributed by atoms with E-state index in [-0.39, 0.29) is 24.8 Å². The van der Waals surface area contributed by atoms with Crippen LogP contribution in [0.4, 0.5) is 13.2 Å². The molecule has 0 N–H and O–H groups in total. The summed E-state index contributed by atoms with van der Waals surface area (Å²) in [5, 5.41) is 1.14. The first-order chi connectivity index (χ1) is 13.9. The Morgan fingerprint density at radius 2 is 1.60 bits per heavy atom. The van der Waals surface area contributed by atoms with Crippen LogP contribution in [0.1, 0.15) is 36.1 Å². The van der Waals surface area contributed by atoms with Crippen LogP contribution in [-0.4, -0.2) is 22.6 Å². The molecule has 1 aliphatic rings. The molecule has 2 heterocycles. The van der Waals surface area contributed by atoms with E-state index in [1.54, 1.807) is 6.07 Å². The SMILES string of the molecule is Cl.Cn1c(COc2ccccc2C(F)(F)F)c(CN2CCCCC2)c2ccccc21. The summed E-state index contributed by atoms with van der Waals surface area (Å²) in [5.41, 5.74) is 2.40. The maximum absolute atomic E-state index is 13.3. The lowest BCUT2D eigenvalue weighted by Gasteiger charge is -2.27. The Labute approximate surface area is 180 Å². The van der Waals surface area contributed by atoms with Crippen molar-refractivity contribution in [3.8, 4) is 5.75 Å². The van der Waals surface area contributed by atoms with Crippen LogP contribution in [0.2, 0.25) is 0 Å². The average Bonchev–Trinajstić information content (AvgIpc) is 2.98. The van der Waals surface area contributed by atoms with Crippen LogP contribution in [0.5, 0.6) is 5.75 Å². The lowest BCUT2D eigenvalue weighted by molar-refractivity contribution is -0.139. The zero-order valence-electron chi connectivity index (χ0n) is 16.9. The van der Waals surface area contributed by atoms with Gasteiger partial charge in [0.1, 0.15) is 12.4 Å². The predicted octanol–water partition coefficient (Wildman–Crippen LogP) is 6.18. The number of aryl methyl sites for hydroxylation is 1. The van der Waals surface area contributed by atoms with Crippen molar-refractivity contribution in [1.82, 2.24) is 9.47 Å². The molecule has 0 radical (unpaired) electrons. The molecule has 1 saturated heterocycles. The van der Waals surface area contributed by atoms with Crippen molar-refractivity contribution in [3.63, 3.8) is 0 Å². The van der Waals surface area contributed by atoms with Gasteiger partial charge in [0.25, 0.3) is 0 Å². The Morgan fingerprint density at radius 1 is 0.933 bits per heavy atom. The first-order valence-electron chi connectivity index (χ1n) is 10.0. The van der Waals surface area contributed by atoms with Crippen LogP contribution in [-0.2, 0) is 26.4 Å². The molecule has 3 nitrogen and oxygen atoms in total. The quantitative estimate of drug-likeness (QED) is 0.473. The minimum atomic E-state index is -4.44. The van der Waals surface area contributed by atoms with Crippen molar-refractivity contribution in [2.45, 2.75) is 38.6 Å². The molecular formula is C23H26ClF3N2O. The number of alkyl halides is 3. The number of para-hydroxylation sites is 2. The highest BCUT2D eigenvalue weighted by Crippen LogP contribution is 2.37. The standard InChI is InChI=1S/C23H25F3N2O.ClH/c1-27-20-11-5-3-9-17(20)18(15-28-13-7-2-8-14-28)21(27)16-29-22-12-6-4-10-19(22)23(24,25)26;/h3-6,9-12H,2,7-8,13-16H2,1H3;1H. The normalized spacial score (nSPS) is 15.2.